The molecule has 44 heavy (non-hydrogen) atoms. The number of hydrogen-bond donors (Lipinski definition) is 3. The maximum Gasteiger partial charge on any atom is 0.272 e. The van der Waals surface area contributed by atoms with Crippen LogP contribution in [-0.2, 0) is 9.59 Å². The van der Waals surface area contributed by atoms with Crippen LogP contribution in [0.2, 0.25) is 0 Å². The molecule has 0 bridgehead atoms. The Labute approximate surface area is 259 Å². The van der Waals surface area contributed by atoms with Crippen molar-refractivity contribution in [2.24, 2.45) is 0 Å². The summed E-state index contributed by atoms with van der Waals surface area (Å²) in [5.41, 5.74) is 2.31. The van der Waals surface area contributed by atoms with Crippen molar-refractivity contribution in [3.63, 3.8) is 0 Å². The van der Waals surface area contributed by atoms with E-state index in [1.54, 1.807) is 97.9 Å². The fourth-order valence-electron chi connectivity index (χ4n) is 4.26. The summed E-state index contributed by atoms with van der Waals surface area (Å²) in [6.07, 6.45) is 1.60. The van der Waals surface area contributed by atoms with E-state index in [1.807, 2.05) is 19.1 Å². The minimum absolute atomic E-state index is 0.0672. The SMILES string of the molecule is CCOc1ccc(/C=C(/NC(=O)c2ccccc2)C(=O)Nc2cccc(SC(C)C(=O)Nc3ccc4c(c3)OCO4)c2)cc1. The molecule has 224 valence electrons. The lowest BCUT2D eigenvalue weighted by molar-refractivity contribution is -0.115. The molecule has 0 spiro atoms. The lowest BCUT2D eigenvalue weighted by atomic mass is 10.1. The molecule has 0 radical (unpaired) electrons. The zero-order chi connectivity index (χ0) is 30.9. The van der Waals surface area contributed by atoms with Crippen LogP contribution in [0.15, 0.2) is 108 Å². The fraction of sp³-hybridized carbons (Fsp3) is 0.147. The average molecular weight is 610 g/mol. The molecule has 4 aromatic carbocycles. The van der Waals surface area contributed by atoms with Crippen LogP contribution >= 0.6 is 11.8 Å². The number of anilines is 2. The molecule has 0 aliphatic carbocycles. The van der Waals surface area contributed by atoms with Crippen LogP contribution in [0, 0.1) is 0 Å². The van der Waals surface area contributed by atoms with Crippen molar-refractivity contribution in [2.75, 3.05) is 24.0 Å². The lowest BCUT2D eigenvalue weighted by Gasteiger charge is -2.14. The van der Waals surface area contributed by atoms with E-state index in [2.05, 4.69) is 16.0 Å². The van der Waals surface area contributed by atoms with Crippen molar-refractivity contribution in [1.29, 1.82) is 0 Å². The minimum atomic E-state index is -0.501. The molecule has 0 fully saturated rings. The van der Waals surface area contributed by atoms with E-state index in [0.29, 0.717) is 46.4 Å². The van der Waals surface area contributed by atoms with Gasteiger partial charge in [-0.1, -0.05) is 36.4 Å². The highest BCUT2D eigenvalue weighted by molar-refractivity contribution is 8.00. The van der Waals surface area contributed by atoms with Crippen LogP contribution < -0.4 is 30.2 Å². The van der Waals surface area contributed by atoms with Gasteiger partial charge in [-0.15, -0.1) is 11.8 Å². The number of fused-ring (bicyclic) bond motifs is 1. The zero-order valence-corrected chi connectivity index (χ0v) is 25.0. The molecular formula is C34H31N3O6S. The number of thioether (sulfide) groups is 1. The Balaban J connectivity index is 1.27. The number of nitrogens with one attached hydrogen (secondary N) is 3. The molecule has 5 rings (SSSR count). The third-order valence-corrected chi connectivity index (χ3v) is 7.54. The Hall–Kier alpha value is -5.22. The van der Waals surface area contributed by atoms with E-state index < -0.39 is 17.1 Å². The monoisotopic (exact) mass is 609 g/mol. The van der Waals surface area contributed by atoms with Crippen LogP contribution in [0.3, 0.4) is 0 Å². The Morgan fingerprint density at radius 2 is 1.61 bits per heavy atom. The number of rotatable bonds is 11. The predicted molar refractivity (Wildman–Crippen MR) is 171 cm³/mol. The Bertz CT molecular complexity index is 1670. The van der Waals surface area contributed by atoms with Gasteiger partial charge >= 0.3 is 0 Å². The molecule has 3 N–H and O–H groups in total. The van der Waals surface area contributed by atoms with E-state index in [0.717, 1.165) is 4.90 Å². The van der Waals surface area contributed by atoms with E-state index >= 15 is 0 Å². The normalized spacial score (nSPS) is 12.6. The second-order valence-electron chi connectivity index (χ2n) is 9.68. The molecule has 1 unspecified atom stereocenters. The van der Waals surface area contributed by atoms with Gasteiger partial charge in [-0.2, -0.15) is 0 Å². The van der Waals surface area contributed by atoms with Gasteiger partial charge < -0.3 is 30.2 Å². The summed E-state index contributed by atoms with van der Waals surface area (Å²) in [7, 11) is 0. The minimum Gasteiger partial charge on any atom is -0.494 e. The van der Waals surface area contributed by atoms with Crippen molar-refractivity contribution in [2.45, 2.75) is 24.0 Å². The van der Waals surface area contributed by atoms with Crippen LogP contribution in [0.25, 0.3) is 6.08 Å². The smallest absolute Gasteiger partial charge is 0.272 e. The summed E-state index contributed by atoms with van der Waals surface area (Å²) < 4.78 is 16.2. The number of ether oxygens (including phenoxy) is 3. The van der Waals surface area contributed by atoms with Crippen molar-refractivity contribution in [1.82, 2.24) is 5.32 Å². The first kappa shape index (κ1) is 30.2. The molecule has 4 aromatic rings. The molecule has 1 aliphatic heterocycles. The molecule has 0 saturated carbocycles. The summed E-state index contributed by atoms with van der Waals surface area (Å²) in [4.78, 5) is 40.1. The van der Waals surface area contributed by atoms with E-state index in [9.17, 15) is 14.4 Å². The third-order valence-electron chi connectivity index (χ3n) is 6.45. The lowest BCUT2D eigenvalue weighted by Crippen LogP contribution is -2.30. The van der Waals surface area contributed by atoms with Crippen molar-refractivity contribution in [3.8, 4) is 17.2 Å². The molecule has 1 heterocycles. The van der Waals surface area contributed by atoms with Crippen molar-refractivity contribution < 1.29 is 28.6 Å². The van der Waals surface area contributed by atoms with Gasteiger partial charge in [0.15, 0.2) is 11.5 Å². The van der Waals surface area contributed by atoms with Crippen LogP contribution in [0.4, 0.5) is 11.4 Å². The van der Waals surface area contributed by atoms with Gasteiger partial charge in [0.2, 0.25) is 12.7 Å². The first-order chi connectivity index (χ1) is 21.4. The van der Waals surface area contributed by atoms with Gasteiger partial charge in [-0.25, -0.2) is 0 Å². The quantitative estimate of drug-likeness (QED) is 0.134. The van der Waals surface area contributed by atoms with Gasteiger partial charge in [0.05, 0.1) is 11.9 Å². The van der Waals surface area contributed by atoms with E-state index in [1.165, 1.54) is 11.8 Å². The number of hydrogen-bond acceptors (Lipinski definition) is 7. The van der Waals surface area contributed by atoms with Crippen molar-refractivity contribution >= 4 is 46.9 Å². The highest BCUT2D eigenvalue weighted by atomic mass is 32.2. The Kier molecular flexibility index (Phi) is 9.83. The Morgan fingerprint density at radius 3 is 2.39 bits per heavy atom. The number of carbonyl (C=O) groups is 3. The molecule has 3 amide bonds. The summed E-state index contributed by atoms with van der Waals surface area (Å²) in [5, 5.41) is 8.08. The second kappa shape index (κ2) is 14.3. The number of amides is 3. The van der Waals surface area contributed by atoms with Gasteiger partial charge in [0.1, 0.15) is 11.4 Å². The first-order valence-corrected chi connectivity index (χ1v) is 14.9. The highest BCUT2D eigenvalue weighted by Crippen LogP contribution is 2.34. The van der Waals surface area contributed by atoms with Crippen LogP contribution in [0.1, 0.15) is 29.8 Å². The number of carbonyl (C=O) groups excluding carboxylic acids is 3. The molecule has 1 atom stereocenters. The molecular weight excluding hydrogens is 578 g/mol. The highest BCUT2D eigenvalue weighted by Gasteiger charge is 2.19. The first-order valence-electron chi connectivity index (χ1n) is 14.0. The van der Waals surface area contributed by atoms with Crippen molar-refractivity contribution in [3.05, 3.63) is 114 Å². The van der Waals surface area contributed by atoms with E-state index in [-0.39, 0.29) is 18.4 Å². The standard InChI is InChI=1S/C34H31N3O6S/c1-3-41-27-15-12-23(13-16-27)18-29(37-33(39)24-8-5-4-6-9-24)34(40)36-25-10-7-11-28(19-25)44-22(2)32(38)35-26-14-17-30-31(20-26)43-21-42-30/h4-20,22H,3,21H2,1-2H3,(H,35,38)(H,36,40)(H,37,39)/b29-18+. The molecule has 10 heteroatoms. The molecule has 0 saturated heterocycles. The maximum atomic E-state index is 13.5. The summed E-state index contributed by atoms with van der Waals surface area (Å²) in [6.45, 7) is 4.40. The molecule has 1 aliphatic rings. The predicted octanol–water partition coefficient (Wildman–Crippen LogP) is 6.34. The maximum absolute atomic E-state index is 13.5. The van der Waals surface area contributed by atoms with Gasteiger partial charge in [0, 0.05) is 27.9 Å². The summed E-state index contributed by atoms with van der Waals surface area (Å²) >= 11 is 1.35. The second-order valence-corrected chi connectivity index (χ2v) is 11.1. The van der Waals surface area contributed by atoms with Gasteiger partial charge in [0.25, 0.3) is 11.8 Å². The van der Waals surface area contributed by atoms with Gasteiger partial charge in [-0.05, 0) is 80.1 Å². The third kappa shape index (κ3) is 7.99. The molecule has 0 aromatic heterocycles. The Morgan fingerprint density at radius 1 is 0.864 bits per heavy atom. The zero-order valence-electron chi connectivity index (χ0n) is 24.2. The topological polar surface area (TPSA) is 115 Å². The number of benzene rings is 4. The van der Waals surface area contributed by atoms with Gasteiger partial charge in [-0.3, -0.25) is 14.4 Å². The van der Waals surface area contributed by atoms with Crippen LogP contribution in [-0.4, -0.2) is 36.4 Å². The van der Waals surface area contributed by atoms with Crippen LogP contribution in [0.5, 0.6) is 17.2 Å². The van der Waals surface area contributed by atoms with E-state index in [4.69, 9.17) is 14.2 Å². The summed E-state index contributed by atoms with van der Waals surface area (Å²) in [5.74, 6) is 0.830. The fourth-order valence-corrected chi connectivity index (χ4v) is 5.18. The largest absolute Gasteiger partial charge is 0.494 e. The summed E-state index contributed by atoms with van der Waals surface area (Å²) in [6, 6.07) is 28.3. The molecule has 9 nitrogen and oxygen atoms in total. The average Bonchev–Trinajstić information content (AvgIpc) is 3.50.